The maximum Gasteiger partial charge on any atom is 0.416 e. The lowest BCUT2D eigenvalue weighted by Gasteiger charge is -2.19. The van der Waals surface area contributed by atoms with Crippen LogP contribution in [-0.2, 0) is 21.9 Å². The summed E-state index contributed by atoms with van der Waals surface area (Å²) in [5.74, 6) is -3.82. The van der Waals surface area contributed by atoms with Gasteiger partial charge >= 0.3 is 12.4 Å². The van der Waals surface area contributed by atoms with Crippen LogP contribution in [0.15, 0.2) is 66.7 Å². The fraction of sp³-hybridized carbons (Fsp3) is 0.130. The number of nitrogens with one attached hydrogen (secondary N) is 2. The molecule has 0 radical (unpaired) electrons. The third-order valence-electron chi connectivity index (χ3n) is 4.76. The zero-order valence-corrected chi connectivity index (χ0v) is 18.8. The van der Waals surface area contributed by atoms with Gasteiger partial charge in [-0.25, -0.2) is 0 Å². The highest BCUT2D eigenvalue weighted by molar-refractivity contribution is 6.34. The summed E-state index contributed by atoms with van der Waals surface area (Å²) in [5.41, 5.74) is -2.87. The molecule has 35 heavy (non-hydrogen) atoms. The Bertz CT molecular complexity index is 1170. The lowest BCUT2D eigenvalue weighted by Crippen LogP contribution is -2.32. The van der Waals surface area contributed by atoms with E-state index in [2.05, 4.69) is 10.6 Å². The van der Waals surface area contributed by atoms with Gasteiger partial charge in [-0.3, -0.25) is 9.59 Å². The lowest BCUT2D eigenvalue weighted by atomic mass is 9.96. The van der Waals surface area contributed by atoms with E-state index in [9.17, 15) is 35.9 Å². The molecule has 3 rings (SSSR count). The highest BCUT2D eigenvalue weighted by Gasteiger charge is 2.34. The molecule has 2 amide bonds. The lowest BCUT2D eigenvalue weighted by molar-refractivity contribution is -0.138. The molecule has 0 atom stereocenters. The van der Waals surface area contributed by atoms with Crippen LogP contribution in [0.3, 0.4) is 0 Å². The number of rotatable bonds is 5. The highest BCUT2D eigenvalue weighted by atomic mass is 35.5. The number of alkyl halides is 6. The predicted octanol–water partition coefficient (Wildman–Crippen LogP) is 7.39. The van der Waals surface area contributed by atoms with Crippen LogP contribution in [0.2, 0.25) is 10.0 Å². The van der Waals surface area contributed by atoms with Crippen LogP contribution in [-0.4, -0.2) is 11.8 Å². The van der Waals surface area contributed by atoms with Crippen LogP contribution in [0.25, 0.3) is 0 Å². The minimum absolute atomic E-state index is 0.119. The Morgan fingerprint density at radius 2 is 1.06 bits per heavy atom. The molecule has 184 valence electrons. The van der Waals surface area contributed by atoms with Gasteiger partial charge in [-0.2, -0.15) is 26.3 Å². The van der Waals surface area contributed by atoms with E-state index >= 15 is 0 Å². The van der Waals surface area contributed by atoms with Crippen molar-refractivity contribution in [3.8, 4) is 0 Å². The van der Waals surface area contributed by atoms with Crippen molar-refractivity contribution in [1.82, 2.24) is 0 Å². The summed E-state index contributed by atoms with van der Waals surface area (Å²) in [6, 6.07) is 11.9. The molecule has 0 saturated carbocycles. The Kier molecular flexibility index (Phi) is 7.66. The van der Waals surface area contributed by atoms with E-state index < -0.39 is 52.6 Å². The molecule has 0 heterocycles. The predicted molar refractivity (Wildman–Crippen MR) is 119 cm³/mol. The topological polar surface area (TPSA) is 58.2 Å². The molecule has 0 aromatic heterocycles. The van der Waals surface area contributed by atoms with Gasteiger partial charge in [0, 0.05) is 0 Å². The normalized spacial score (nSPS) is 11.9. The molecular weight excluding hydrogens is 521 g/mol. The van der Waals surface area contributed by atoms with E-state index in [1.165, 1.54) is 24.3 Å². The van der Waals surface area contributed by atoms with Crippen molar-refractivity contribution in [2.75, 3.05) is 10.6 Å². The van der Waals surface area contributed by atoms with Crippen molar-refractivity contribution in [2.24, 2.45) is 0 Å². The molecule has 0 spiro atoms. The van der Waals surface area contributed by atoms with Crippen molar-refractivity contribution in [2.45, 2.75) is 18.3 Å². The average Bonchev–Trinajstić information content (AvgIpc) is 2.76. The van der Waals surface area contributed by atoms with Crippen LogP contribution in [0, 0.1) is 0 Å². The van der Waals surface area contributed by atoms with E-state index in [0.717, 1.165) is 24.3 Å². The van der Waals surface area contributed by atoms with Gasteiger partial charge in [0.15, 0.2) is 0 Å². The van der Waals surface area contributed by atoms with Gasteiger partial charge in [0.05, 0.1) is 32.5 Å². The number of carbonyl (C=O) groups is 2. The number of carbonyl (C=O) groups excluding carboxylic acids is 2. The fourth-order valence-electron chi connectivity index (χ4n) is 3.07. The quantitative estimate of drug-likeness (QED) is 0.265. The maximum absolute atomic E-state index is 13.1. The summed E-state index contributed by atoms with van der Waals surface area (Å²) in [5, 5.41) is 3.94. The number of amides is 2. The number of benzene rings is 3. The Morgan fingerprint density at radius 1 is 0.657 bits per heavy atom. The number of halogens is 8. The molecule has 0 aliphatic carbocycles. The van der Waals surface area contributed by atoms with Crippen LogP contribution in [0.1, 0.15) is 22.6 Å². The van der Waals surface area contributed by atoms with Crippen LogP contribution in [0.4, 0.5) is 37.7 Å². The second kappa shape index (κ2) is 10.2. The summed E-state index contributed by atoms with van der Waals surface area (Å²) in [7, 11) is 0. The summed E-state index contributed by atoms with van der Waals surface area (Å²) >= 11 is 11.8. The molecule has 0 saturated heterocycles. The van der Waals surface area contributed by atoms with Gasteiger partial charge < -0.3 is 10.6 Å². The van der Waals surface area contributed by atoms with Gasteiger partial charge in [0.2, 0.25) is 11.8 Å². The molecular formula is C23H14Cl2F6N2O2. The molecule has 0 aliphatic heterocycles. The Labute approximate surface area is 204 Å². The first-order valence-electron chi connectivity index (χ1n) is 9.67. The first kappa shape index (κ1) is 26.4. The molecule has 0 fully saturated rings. The first-order chi connectivity index (χ1) is 16.3. The van der Waals surface area contributed by atoms with Gasteiger partial charge in [-0.15, -0.1) is 0 Å². The monoisotopic (exact) mass is 534 g/mol. The maximum atomic E-state index is 13.1. The third kappa shape index (κ3) is 6.46. The Morgan fingerprint density at radius 3 is 1.43 bits per heavy atom. The van der Waals surface area contributed by atoms with E-state index in [1.807, 2.05) is 0 Å². The van der Waals surface area contributed by atoms with Gasteiger partial charge in [0.25, 0.3) is 0 Å². The van der Waals surface area contributed by atoms with Gasteiger partial charge in [0.1, 0.15) is 5.92 Å². The fourth-order valence-corrected chi connectivity index (χ4v) is 3.40. The molecule has 2 N–H and O–H groups in total. The van der Waals surface area contributed by atoms with E-state index in [4.69, 9.17) is 23.2 Å². The summed E-state index contributed by atoms with van der Waals surface area (Å²) < 4.78 is 78.4. The summed E-state index contributed by atoms with van der Waals surface area (Å²) in [4.78, 5) is 26.1. The number of hydrogen-bond donors (Lipinski definition) is 2. The van der Waals surface area contributed by atoms with Crippen LogP contribution in [0.5, 0.6) is 0 Å². The van der Waals surface area contributed by atoms with Crippen LogP contribution < -0.4 is 10.6 Å². The van der Waals surface area contributed by atoms with Crippen molar-refractivity contribution in [1.29, 1.82) is 0 Å². The third-order valence-corrected chi connectivity index (χ3v) is 5.42. The van der Waals surface area contributed by atoms with Gasteiger partial charge in [-0.05, 0) is 42.0 Å². The molecule has 0 unspecified atom stereocenters. The smallest absolute Gasteiger partial charge is 0.324 e. The van der Waals surface area contributed by atoms with Crippen molar-refractivity contribution in [3.05, 3.63) is 93.5 Å². The standard InChI is InChI=1S/C23H14Cl2F6N2O2/c24-15-8-6-13(22(26,27)28)10-17(15)32-20(34)19(12-4-2-1-3-5-12)21(35)33-18-11-14(23(29,30)31)7-9-16(18)25/h1-11,19H,(H,32,34)(H,33,35). The molecule has 0 bridgehead atoms. The molecule has 4 nitrogen and oxygen atoms in total. The van der Waals surface area contributed by atoms with Crippen molar-refractivity contribution in [3.63, 3.8) is 0 Å². The highest BCUT2D eigenvalue weighted by Crippen LogP contribution is 2.36. The van der Waals surface area contributed by atoms with E-state index in [0.29, 0.717) is 12.1 Å². The second-order valence-corrected chi connectivity index (χ2v) is 8.02. The Balaban J connectivity index is 1.96. The first-order valence-corrected chi connectivity index (χ1v) is 10.4. The SMILES string of the molecule is O=C(Nc1cc(C(F)(F)F)ccc1Cl)C(C(=O)Nc1cc(C(F)(F)F)ccc1Cl)c1ccccc1. The minimum Gasteiger partial charge on any atom is -0.324 e. The zero-order valence-electron chi connectivity index (χ0n) is 17.3. The van der Waals surface area contributed by atoms with E-state index in [1.54, 1.807) is 6.07 Å². The number of hydrogen-bond acceptors (Lipinski definition) is 2. The summed E-state index contributed by atoms with van der Waals surface area (Å²) in [6.45, 7) is 0. The largest absolute Gasteiger partial charge is 0.416 e. The minimum atomic E-state index is -4.72. The molecule has 0 aliphatic rings. The summed E-state index contributed by atoms with van der Waals surface area (Å²) in [6.07, 6.45) is -9.44. The molecule has 3 aromatic carbocycles. The molecule has 12 heteroatoms. The van der Waals surface area contributed by atoms with Crippen LogP contribution >= 0.6 is 23.2 Å². The van der Waals surface area contributed by atoms with Crippen molar-refractivity contribution >= 4 is 46.4 Å². The number of anilines is 2. The Hall–Kier alpha value is -3.24. The average molecular weight is 535 g/mol. The zero-order chi connectivity index (χ0) is 26.0. The van der Waals surface area contributed by atoms with E-state index in [-0.39, 0.29) is 15.6 Å². The molecule has 3 aromatic rings. The second-order valence-electron chi connectivity index (χ2n) is 7.21. The van der Waals surface area contributed by atoms with Gasteiger partial charge in [-0.1, -0.05) is 53.5 Å². The van der Waals surface area contributed by atoms with Crippen molar-refractivity contribution < 1.29 is 35.9 Å².